The highest BCUT2D eigenvalue weighted by Crippen LogP contribution is 2.43. The number of nitrogens with zero attached hydrogens (tertiary/aromatic N) is 2. The zero-order valence-corrected chi connectivity index (χ0v) is 23.1. The molecule has 0 N–H and O–H groups in total. The van der Waals surface area contributed by atoms with E-state index in [4.69, 9.17) is 13.8 Å². The highest BCUT2D eigenvalue weighted by molar-refractivity contribution is 7.25. The average Bonchev–Trinajstić information content (AvgIpc) is 3.74. The molecule has 0 aliphatic rings. The second kappa shape index (κ2) is 9.06. The molecule has 0 radical (unpaired) electrons. The molecule has 0 saturated carbocycles. The first-order valence-electron chi connectivity index (χ1n) is 13.9. The van der Waals surface area contributed by atoms with E-state index in [1.807, 2.05) is 59.9 Å². The van der Waals surface area contributed by atoms with E-state index in [1.165, 1.54) is 20.2 Å². The maximum absolute atomic E-state index is 6.44. The Morgan fingerprint density at radius 2 is 1.24 bits per heavy atom. The molecule has 0 fully saturated rings. The quantitative estimate of drug-likeness (QED) is 0.215. The van der Waals surface area contributed by atoms with Crippen molar-refractivity contribution in [3.63, 3.8) is 0 Å². The van der Waals surface area contributed by atoms with Crippen LogP contribution >= 0.6 is 11.3 Å². The van der Waals surface area contributed by atoms with Crippen molar-refractivity contribution in [1.29, 1.82) is 0 Å². The Hall–Kier alpha value is -5.39. The molecular weight excluding hydrogens is 536 g/mol. The molecule has 0 bridgehead atoms. The number of furan rings is 1. The molecule has 198 valence electrons. The van der Waals surface area contributed by atoms with Gasteiger partial charge in [0.05, 0.1) is 5.39 Å². The predicted molar refractivity (Wildman–Crippen MR) is 174 cm³/mol. The van der Waals surface area contributed by atoms with Gasteiger partial charge in [-0.15, -0.1) is 11.3 Å². The van der Waals surface area contributed by atoms with Gasteiger partial charge in [-0.1, -0.05) is 60.7 Å². The fraction of sp³-hybridized carbons (Fsp3) is 0. The summed E-state index contributed by atoms with van der Waals surface area (Å²) in [5, 5.41) is 4.53. The Kier molecular flexibility index (Phi) is 5.03. The number of anilines is 3. The molecule has 3 aromatic heterocycles. The van der Waals surface area contributed by atoms with E-state index in [-0.39, 0.29) is 0 Å². The predicted octanol–water partition coefficient (Wildman–Crippen LogP) is 11.2. The van der Waals surface area contributed by atoms with Crippen LogP contribution in [0, 0.1) is 0 Å². The van der Waals surface area contributed by atoms with Crippen molar-refractivity contribution in [2.24, 2.45) is 0 Å². The molecule has 0 spiro atoms. The first kappa shape index (κ1) is 23.3. The average molecular weight is 559 g/mol. The SMILES string of the molecule is c1ccc(-c2nc3ccc4oc5cc(N(c6ccccc6)c6ccc7c(c6)sc6ccccc67)ccc5c4c3o2)cc1. The minimum absolute atomic E-state index is 0.607. The highest BCUT2D eigenvalue weighted by atomic mass is 32.1. The van der Waals surface area contributed by atoms with Gasteiger partial charge in [0.1, 0.15) is 16.7 Å². The monoisotopic (exact) mass is 558 g/mol. The number of benzene rings is 6. The van der Waals surface area contributed by atoms with E-state index in [0.717, 1.165) is 55.7 Å². The molecule has 6 aromatic carbocycles. The molecule has 4 nitrogen and oxygen atoms in total. The summed E-state index contributed by atoms with van der Waals surface area (Å²) in [6.07, 6.45) is 0. The zero-order valence-electron chi connectivity index (χ0n) is 22.3. The smallest absolute Gasteiger partial charge is 0.227 e. The fourth-order valence-electron chi connectivity index (χ4n) is 5.96. The van der Waals surface area contributed by atoms with Crippen molar-refractivity contribution in [2.45, 2.75) is 0 Å². The van der Waals surface area contributed by atoms with E-state index >= 15 is 0 Å². The van der Waals surface area contributed by atoms with Crippen LogP contribution in [0.25, 0.3) is 64.7 Å². The summed E-state index contributed by atoms with van der Waals surface area (Å²) in [6.45, 7) is 0. The summed E-state index contributed by atoms with van der Waals surface area (Å²) in [7, 11) is 0. The van der Waals surface area contributed by atoms with Crippen LogP contribution < -0.4 is 4.90 Å². The molecule has 3 heterocycles. The summed E-state index contributed by atoms with van der Waals surface area (Å²) < 4.78 is 15.3. The van der Waals surface area contributed by atoms with Crippen LogP contribution in [-0.4, -0.2) is 4.98 Å². The van der Waals surface area contributed by atoms with Gasteiger partial charge in [0.15, 0.2) is 5.58 Å². The van der Waals surface area contributed by atoms with Gasteiger partial charge in [0.25, 0.3) is 0 Å². The number of aromatic nitrogens is 1. The largest absolute Gasteiger partial charge is 0.456 e. The lowest BCUT2D eigenvalue weighted by Crippen LogP contribution is -2.09. The standard InChI is InChI=1S/C37H22N2O2S/c1-3-9-23(10-4-1)37-38-30-19-20-31-35(36(30)41-37)29-18-16-25(21-32(29)40-31)39(24-11-5-2-6-12-24)26-15-17-28-27-13-7-8-14-33(27)42-34(28)22-26/h1-22H. The first-order chi connectivity index (χ1) is 20.8. The summed E-state index contributed by atoms with van der Waals surface area (Å²) in [4.78, 5) is 7.06. The van der Waals surface area contributed by atoms with Crippen molar-refractivity contribution in [3.05, 3.63) is 133 Å². The van der Waals surface area contributed by atoms with E-state index in [0.29, 0.717) is 5.89 Å². The van der Waals surface area contributed by atoms with Crippen LogP contribution in [0.15, 0.2) is 142 Å². The third-order valence-corrected chi connectivity index (χ3v) is 9.02. The zero-order chi connectivity index (χ0) is 27.6. The molecule has 0 aliphatic carbocycles. The van der Waals surface area contributed by atoms with Crippen molar-refractivity contribution in [3.8, 4) is 11.5 Å². The molecule has 5 heteroatoms. The van der Waals surface area contributed by atoms with Gasteiger partial charge in [0, 0.05) is 54.3 Å². The van der Waals surface area contributed by atoms with Crippen LogP contribution in [0.5, 0.6) is 0 Å². The Balaban J connectivity index is 1.22. The van der Waals surface area contributed by atoms with E-state index in [9.17, 15) is 0 Å². The molecule has 0 saturated heterocycles. The normalized spacial score (nSPS) is 11.8. The third kappa shape index (κ3) is 3.57. The van der Waals surface area contributed by atoms with Gasteiger partial charge in [-0.25, -0.2) is 4.98 Å². The molecule has 42 heavy (non-hydrogen) atoms. The molecular formula is C37H22N2O2S. The third-order valence-electron chi connectivity index (χ3n) is 7.89. The topological polar surface area (TPSA) is 42.4 Å². The Morgan fingerprint density at radius 3 is 2.10 bits per heavy atom. The van der Waals surface area contributed by atoms with Crippen LogP contribution in [0.3, 0.4) is 0 Å². The minimum atomic E-state index is 0.607. The van der Waals surface area contributed by atoms with E-state index in [2.05, 4.69) is 89.8 Å². The number of rotatable bonds is 4. The maximum Gasteiger partial charge on any atom is 0.227 e. The maximum atomic E-state index is 6.44. The Morgan fingerprint density at radius 1 is 0.524 bits per heavy atom. The van der Waals surface area contributed by atoms with Gasteiger partial charge >= 0.3 is 0 Å². The second-order valence-corrected chi connectivity index (χ2v) is 11.5. The Bertz CT molecular complexity index is 2420. The lowest BCUT2D eigenvalue weighted by atomic mass is 10.1. The van der Waals surface area contributed by atoms with Crippen LogP contribution in [-0.2, 0) is 0 Å². The number of hydrogen-bond donors (Lipinski definition) is 0. The number of fused-ring (bicyclic) bond motifs is 8. The minimum Gasteiger partial charge on any atom is -0.456 e. The van der Waals surface area contributed by atoms with Gasteiger partial charge in [-0.2, -0.15) is 0 Å². The van der Waals surface area contributed by atoms with Crippen molar-refractivity contribution in [2.75, 3.05) is 4.90 Å². The van der Waals surface area contributed by atoms with Crippen molar-refractivity contribution in [1.82, 2.24) is 4.98 Å². The summed E-state index contributed by atoms with van der Waals surface area (Å²) in [5.41, 5.74) is 7.29. The fourth-order valence-corrected chi connectivity index (χ4v) is 7.09. The van der Waals surface area contributed by atoms with Crippen LogP contribution in [0.1, 0.15) is 0 Å². The summed E-state index contributed by atoms with van der Waals surface area (Å²) in [6, 6.07) is 46.2. The molecule has 0 amide bonds. The molecule has 0 unspecified atom stereocenters. The van der Waals surface area contributed by atoms with Gasteiger partial charge in [-0.05, 0) is 66.7 Å². The molecule has 0 aliphatic heterocycles. The second-order valence-electron chi connectivity index (χ2n) is 10.4. The van der Waals surface area contributed by atoms with Crippen molar-refractivity contribution < 1.29 is 8.83 Å². The molecule has 9 aromatic rings. The summed E-state index contributed by atoms with van der Waals surface area (Å²) in [5.74, 6) is 0.607. The van der Waals surface area contributed by atoms with Gasteiger partial charge in [-0.3, -0.25) is 0 Å². The van der Waals surface area contributed by atoms with E-state index < -0.39 is 0 Å². The summed E-state index contributed by atoms with van der Waals surface area (Å²) >= 11 is 1.83. The van der Waals surface area contributed by atoms with E-state index in [1.54, 1.807) is 0 Å². The first-order valence-corrected chi connectivity index (χ1v) is 14.7. The highest BCUT2D eigenvalue weighted by Gasteiger charge is 2.19. The molecule has 9 rings (SSSR count). The van der Waals surface area contributed by atoms with Crippen molar-refractivity contribution >= 4 is 81.6 Å². The van der Waals surface area contributed by atoms with Gasteiger partial charge < -0.3 is 13.7 Å². The number of thiophene rings is 1. The number of hydrogen-bond acceptors (Lipinski definition) is 5. The Labute approximate surface area is 244 Å². The lowest BCUT2D eigenvalue weighted by Gasteiger charge is -2.25. The van der Waals surface area contributed by atoms with Gasteiger partial charge in [0.2, 0.25) is 5.89 Å². The van der Waals surface area contributed by atoms with Crippen LogP contribution in [0.4, 0.5) is 17.1 Å². The number of oxazole rings is 1. The number of para-hydroxylation sites is 1. The van der Waals surface area contributed by atoms with Crippen LogP contribution in [0.2, 0.25) is 0 Å². The molecule has 0 atom stereocenters. The lowest BCUT2D eigenvalue weighted by molar-refractivity contribution is 0.622.